The number of hydrogen-bond acceptors (Lipinski definition) is 3. The zero-order chi connectivity index (χ0) is 11.3. The van der Waals surface area contributed by atoms with E-state index in [9.17, 15) is 18.3 Å². The van der Waals surface area contributed by atoms with Crippen molar-refractivity contribution in [2.24, 2.45) is 5.92 Å². The summed E-state index contributed by atoms with van der Waals surface area (Å²) in [5, 5.41) is 18.4. The summed E-state index contributed by atoms with van der Waals surface area (Å²) in [6.45, 7) is 0.221. The van der Waals surface area contributed by atoms with Gasteiger partial charge in [0, 0.05) is 19.0 Å². The average molecular weight is 220 g/mol. The summed E-state index contributed by atoms with van der Waals surface area (Å²) in [4.78, 5) is 1.04. The smallest absolute Gasteiger partial charge is 0.368 e. The first-order chi connectivity index (χ1) is 6.90. The molecule has 2 aliphatic rings. The minimum Gasteiger partial charge on any atom is -0.368 e. The van der Waals surface area contributed by atoms with Gasteiger partial charge in [0.05, 0.1) is 12.0 Å². The van der Waals surface area contributed by atoms with E-state index in [0.717, 1.165) is 4.90 Å². The minimum absolute atomic E-state index is 0.221. The molecule has 0 bridgehead atoms. The molecular formula is C9H11F3N2O. The number of hydrogen-bond donors (Lipinski definition) is 1. The quantitative estimate of drug-likeness (QED) is 0.668. The topological polar surface area (TPSA) is 47.3 Å². The van der Waals surface area contributed by atoms with Crippen LogP contribution in [0.1, 0.15) is 19.3 Å². The molecule has 84 valence electrons. The Hall–Kier alpha value is -0.800. The lowest BCUT2D eigenvalue weighted by Gasteiger charge is -2.34. The van der Waals surface area contributed by atoms with Gasteiger partial charge in [-0.15, -0.1) is 0 Å². The van der Waals surface area contributed by atoms with Crippen LogP contribution in [0, 0.1) is 17.2 Å². The molecule has 3 atom stereocenters. The largest absolute Gasteiger partial charge is 0.431 e. The lowest BCUT2D eigenvalue weighted by Crippen LogP contribution is -2.55. The second kappa shape index (κ2) is 3.09. The normalized spacial score (nSPS) is 41.5. The van der Waals surface area contributed by atoms with E-state index in [4.69, 9.17) is 5.26 Å². The predicted molar refractivity (Wildman–Crippen MR) is 44.5 cm³/mol. The number of aliphatic hydroxyl groups is 1. The van der Waals surface area contributed by atoms with Gasteiger partial charge in [-0.05, 0) is 12.8 Å². The standard InChI is InChI=1S/C9H11F3N2O/c10-9(11,12)8(15)4-6(5-13)7-2-1-3-14(7)8/h6-7,15H,1-4H2/t6-,7+,8+/m0/s1. The minimum atomic E-state index is -4.68. The Bertz CT molecular complexity index is 311. The molecule has 0 unspecified atom stereocenters. The van der Waals surface area contributed by atoms with Crippen molar-refractivity contribution in [2.45, 2.75) is 37.2 Å². The Morgan fingerprint density at radius 2 is 2.13 bits per heavy atom. The third kappa shape index (κ3) is 1.34. The van der Waals surface area contributed by atoms with Crippen molar-refractivity contribution in [3.05, 3.63) is 0 Å². The fourth-order valence-electron chi connectivity index (χ4n) is 2.64. The Kier molecular flexibility index (Phi) is 2.21. The van der Waals surface area contributed by atoms with Crippen LogP contribution in [0.2, 0.25) is 0 Å². The van der Waals surface area contributed by atoms with Crippen LogP contribution in [0.4, 0.5) is 13.2 Å². The van der Waals surface area contributed by atoms with Crippen molar-refractivity contribution in [2.75, 3.05) is 6.54 Å². The van der Waals surface area contributed by atoms with Gasteiger partial charge in [-0.2, -0.15) is 18.4 Å². The van der Waals surface area contributed by atoms with Crippen molar-refractivity contribution >= 4 is 0 Å². The predicted octanol–water partition coefficient (Wildman–Crippen LogP) is 1.25. The van der Waals surface area contributed by atoms with Gasteiger partial charge in [-0.1, -0.05) is 0 Å². The summed E-state index contributed by atoms with van der Waals surface area (Å²) < 4.78 is 38.1. The highest BCUT2D eigenvalue weighted by atomic mass is 19.4. The molecule has 2 heterocycles. The fraction of sp³-hybridized carbons (Fsp3) is 0.889. The molecule has 1 N–H and O–H groups in total. The van der Waals surface area contributed by atoms with Gasteiger partial charge in [0.25, 0.3) is 0 Å². The van der Waals surface area contributed by atoms with Gasteiger partial charge in [0.1, 0.15) is 0 Å². The SMILES string of the molecule is N#C[C@@H]1C[C@@](O)(C(F)(F)F)N2CCC[C@H]12. The van der Waals surface area contributed by atoms with Crippen LogP contribution in [0.15, 0.2) is 0 Å². The highest BCUT2D eigenvalue weighted by Gasteiger charge is 2.66. The summed E-state index contributed by atoms with van der Waals surface area (Å²) in [6, 6.07) is 1.43. The maximum absolute atomic E-state index is 12.7. The van der Waals surface area contributed by atoms with Crippen LogP contribution < -0.4 is 0 Å². The molecule has 6 heteroatoms. The maximum atomic E-state index is 12.7. The second-order valence-corrected chi connectivity index (χ2v) is 4.16. The molecule has 0 saturated carbocycles. The molecule has 2 aliphatic heterocycles. The highest BCUT2D eigenvalue weighted by Crippen LogP contribution is 2.49. The van der Waals surface area contributed by atoms with Gasteiger partial charge in [-0.25, -0.2) is 0 Å². The number of nitriles is 1. The van der Waals surface area contributed by atoms with Crippen molar-refractivity contribution in [3.63, 3.8) is 0 Å². The maximum Gasteiger partial charge on any atom is 0.431 e. The molecule has 15 heavy (non-hydrogen) atoms. The second-order valence-electron chi connectivity index (χ2n) is 4.16. The lowest BCUT2D eigenvalue weighted by atomic mass is 9.97. The Morgan fingerprint density at radius 3 is 2.67 bits per heavy atom. The summed E-state index contributed by atoms with van der Waals surface area (Å²) >= 11 is 0. The van der Waals surface area contributed by atoms with E-state index in [1.165, 1.54) is 0 Å². The Balaban J connectivity index is 2.33. The van der Waals surface area contributed by atoms with E-state index < -0.39 is 30.3 Å². The number of fused-ring (bicyclic) bond motifs is 1. The lowest BCUT2D eigenvalue weighted by molar-refractivity contribution is -0.305. The van der Waals surface area contributed by atoms with Crippen molar-refractivity contribution in [1.82, 2.24) is 4.90 Å². The molecule has 0 radical (unpaired) electrons. The first kappa shape index (κ1) is 10.7. The first-order valence-corrected chi connectivity index (χ1v) is 4.85. The van der Waals surface area contributed by atoms with Crippen molar-refractivity contribution in [3.8, 4) is 6.07 Å². The molecule has 0 aromatic heterocycles. The van der Waals surface area contributed by atoms with Crippen LogP contribution in [-0.2, 0) is 0 Å². The molecule has 0 aliphatic carbocycles. The van der Waals surface area contributed by atoms with Gasteiger partial charge >= 0.3 is 6.18 Å². The zero-order valence-electron chi connectivity index (χ0n) is 7.96. The van der Waals surface area contributed by atoms with Crippen LogP contribution >= 0.6 is 0 Å². The van der Waals surface area contributed by atoms with Crippen LogP contribution in [0.3, 0.4) is 0 Å². The van der Waals surface area contributed by atoms with Crippen LogP contribution in [-0.4, -0.2) is 34.5 Å². The molecule has 2 saturated heterocycles. The molecule has 3 nitrogen and oxygen atoms in total. The van der Waals surface area contributed by atoms with E-state index in [1.807, 2.05) is 6.07 Å². The highest BCUT2D eigenvalue weighted by molar-refractivity contribution is 5.10. The molecule has 0 amide bonds. The van der Waals surface area contributed by atoms with Crippen molar-refractivity contribution in [1.29, 1.82) is 5.26 Å². The number of halogens is 3. The third-order valence-electron chi connectivity index (χ3n) is 3.36. The molecule has 2 fully saturated rings. The van der Waals surface area contributed by atoms with Gasteiger partial charge in [0.2, 0.25) is 5.72 Å². The Labute approximate surface area is 85.1 Å². The van der Waals surface area contributed by atoms with E-state index in [2.05, 4.69) is 0 Å². The number of alkyl halides is 3. The number of rotatable bonds is 0. The monoisotopic (exact) mass is 220 g/mol. The van der Waals surface area contributed by atoms with Crippen molar-refractivity contribution < 1.29 is 18.3 Å². The summed E-state index contributed by atoms with van der Waals surface area (Å²) in [5.74, 6) is -0.709. The Morgan fingerprint density at radius 1 is 1.47 bits per heavy atom. The summed E-state index contributed by atoms with van der Waals surface area (Å²) in [5.41, 5.74) is -2.78. The van der Waals surface area contributed by atoms with Crippen LogP contribution in [0.5, 0.6) is 0 Å². The average Bonchev–Trinajstić information content (AvgIpc) is 2.67. The van der Waals surface area contributed by atoms with E-state index in [1.54, 1.807) is 0 Å². The van der Waals surface area contributed by atoms with E-state index >= 15 is 0 Å². The zero-order valence-corrected chi connectivity index (χ0v) is 7.96. The van der Waals surface area contributed by atoms with E-state index in [0.29, 0.717) is 12.8 Å². The number of nitrogens with zero attached hydrogens (tertiary/aromatic N) is 2. The molecule has 2 rings (SSSR count). The molecular weight excluding hydrogens is 209 g/mol. The molecule has 0 spiro atoms. The molecule has 0 aromatic rings. The van der Waals surface area contributed by atoms with Crippen LogP contribution in [0.25, 0.3) is 0 Å². The summed E-state index contributed by atoms with van der Waals surface area (Å²) in [7, 11) is 0. The first-order valence-electron chi connectivity index (χ1n) is 4.85. The van der Waals surface area contributed by atoms with Gasteiger partial charge < -0.3 is 5.11 Å². The summed E-state index contributed by atoms with van der Waals surface area (Å²) in [6.07, 6.45) is -4.02. The van der Waals surface area contributed by atoms with Gasteiger partial charge in [0.15, 0.2) is 0 Å². The van der Waals surface area contributed by atoms with Gasteiger partial charge in [-0.3, -0.25) is 4.90 Å². The fourth-order valence-corrected chi connectivity index (χ4v) is 2.64. The molecule has 0 aromatic carbocycles. The van der Waals surface area contributed by atoms with E-state index in [-0.39, 0.29) is 6.54 Å². The third-order valence-corrected chi connectivity index (χ3v) is 3.36.